The van der Waals surface area contributed by atoms with Gasteiger partial charge in [0.1, 0.15) is 5.75 Å². The number of piperazine rings is 1. The minimum Gasteiger partial charge on any atom is -0.497 e. The summed E-state index contributed by atoms with van der Waals surface area (Å²) >= 11 is 1.52. The van der Waals surface area contributed by atoms with Gasteiger partial charge in [-0.15, -0.1) is 0 Å². The molecule has 1 aromatic heterocycles. The topological polar surface area (TPSA) is 45.7 Å². The average Bonchev–Trinajstić information content (AvgIpc) is 2.77. The van der Waals surface area contributed by atoms with Gasteiger partial charge in [0.15, 0.2) is 0 Å². The third kappa shape index (κ3) is 4.48. The van der Waals surface area contributed by atoms with Crippen LogP contribution in [-0.4, -0.2) is 54.8 Å². The molecule has 29 heavy (non-hydrogen) atoms. The number of carbonyl (C=O) groups excluding carboxylic acids is 1. The summed E-state index contributed by atoms with van der Waals surface area (Å²) in [4.78, 5) is 21.7. The van der Waals surface area contributed by atoms with Gasteiger partial charge in [0.25, 0.3) is 0 Å². The number of aryl methyl sites for hydroxylation is 1. The SMILES string of the molecule is COc1cccc(N2CCN(C(=O)CSc3cc(C)c4ccccc4n3)CC2)c1. The minimum atomic E-state index is 0.174. The molecule has 0 N–H and O–H groups in total. The Morgan fingerprint density at radius 3 is 2.66 bits per heavy atom. The van der Waals surface area contributed by atoms with Gasteiger partial charge in [-0.3, -0.25) is 4.79 Å². The summed E-state index contributed by atoms with van der Waals surface area (Å²) in [7, 11) is 1.68. The van der Waals surface area contributed by atoms with Crippen molar-refractivity contribution in [1.29, 1.82) is 0 Å². The smallest absolute Gasteiger partial charge is 0.233 e. The summed E-state index contributed by atoms with van der Waals surface area (Å²) in [5, 5.41) is 2.07. The molecule has 3 aromatic rings. The molecule has 0 unspecified atom stereocenters. The monoisotopic (exact) mass is 407 g/mol. The van der Waals surface area contributed by atoms with E-state index >= 15 is 0 Å². The second kappa shape index (κ2) is 8.74. The van der Waals surface area contributed by atoms with E-state index in [2.05, 4.69) is 30.0 Å². The number of anilines is 1. The number of nitrogens with zero attached hydrogens (tertiary/aromatic N) is 3. The quantitative estimate of drug-likeness (QED) is 0.599. The summed E-state index contributed by atoms with van der Waals surface area (Å²) in [6, 6.07) is 18.3. The van der Waals surface area contributed by atoms with Gasteiger partial charge in [-0.05, 0) is 36.8 Å². The van der Waals surface area contributed by atoms with E-state index in [1.54, 1.807) is 7.11 Å². The predicted octanol–water partition coefficient (Wildman–Crippen LogP) is 3.99. The van der Waals surface area contributed by atoms with Crippen LogP contribution in [0.1, 0.15) is 5.56 Å². The lowest BCUT2D eigenvalue weighted by Gasteiger charge is -2.36. The Morgan fingerprint density at radius 1 is 1.07 bits per heavy atom. The van der Waals surface area contributed by atoms with Crippen molar-refractivity contribution < 1.29 is 9.53 Å². The standard InChI is InChI=1S/C23H25N3O2S/c1-17-14-22(24-21-9-4-3-8-20(17)21)29-16-23(27)26-12-10-25(11-13-26)18-6-5-7-19(15-18)28-2/h3-9,14-15H,10-13,16H2,1-2H3. The summed E-state index contributed by atoms with van der Waals surface area (Å²) in [6.45, 7) is 5.23. The number of amides is 1. The van der Waals surface area contributed by atoms with Crippen LogP contribution in [0.4, 0.5) is 5.69 Å². The Labute approximate surface area is 175 Å². The van der Waals surface area contributed by atoms with E-state index in [-0.39, 0.29) is 5.91 Å². The lowest BCUT2D eigenvalue weighted by molar-refractivity contribution is -0.128. The van der Waals surface area contributed by atoms with E-state index in [0.717, 1.165) is 53.5 Å². The van der Waals surface area contributed by atoms with Gasteiger partial charge in [-0.25, -0.2) is 4.98 Å². The summed E-state index contributed by atoms with van der Waals surface area (Å²) in [6.07, 6.45) is 0. The number of ether oxygens (including phenoxy) is 1. The molecule has 150 valence electrons. The van der Waals surface area contributed by atoms with Gasteiger partial charge in [0.05, 0.1) is 23.4 Å². The first-order valence-corrected chi connectivity index (χ1v) is 10.8. The largest absolute Gasteiger partial charge is 0.497 e. The molecule has 1 fully saturated rings. The molecule has 5 nitrogen and oxygen atoms in total. The molecule has 0 aliphatic carbocycles. The van der Waals surface area contributed by atoms with E-state index in [9.17, 15) is 4.79 Å². The van der Waals surface area contributed by atoms with Gasteiger partial charge < -0.3 is 14.5 Å². The number of methoxy groups -OCH3 is 1. The van der Waals surface area contributed by atoms with Crippen LogP contribution in [0.2, 0.25) is 0 Å². The fraction of sp³-hybridized carbons (Fsp3) is 0.304. The highest BCUT2D eigenvalue weighted by Gasteiger charge is 2.21. The Hall–Kier alpha value is -2.73. The second-order valence-electron chi connectivity index (χ2n) is 7.15. The van der Waals surface area contributed by atoms with Crippen LogP contribution in [0.3, 0.4) is 0 Å². The molecular weight excluding hydrogens is 382 g/mol. The van der Waals surface area contributed by atoms with Gasteiger partial charge in [-0.2, -0.15) is 0 Å². The average molecular weight is 408 g/mol. The van der Waals surface area contributed by atoms with Crippen molar-refractivity contribution in [1.82, 2.24) is 9.88 Å². The normalized spacial score (nSPS) is 14.3. The molecule has 0 radical (unpaired) electrons. The molecule has 0 spiro atoms. The molecule has 0 saturated carbocycles. The van der Waals surface area contributed by atoms with Crippen molar-refractivity contribution in [3.8, 4) is 5.75 Å². The van der Waals surface area contributed by atoms with Crippen molar-refractivity contribution in [2.75, 3.05) is 43.9 Å². The van der Waals surface area contributed by atoms with Crippen molar-refractivity contribution in [3.05, 3.63) is 60.2 Å². The number of benzene rings is 2. The van der Waals surface area contributed by atoms with Crippen molar-refractivity contribution in [3.63, 3.8) is 0 Å². The molecule has 0 atom stereocenters. The number of hydrogen-bond donors (Lipinski definition) is 0. The number of carbonyl (C=O) groups is 1. The van der Waals surface area contributed by atoms with E-state index in [1.165, 1.54) is 17.3 Å². The maximum atomic E-state index is 12.7. The number of pyridine rings is 1. The summed E-state index contributed by atoms with van der Waals surface area (Å²) < 4.78 is 5.31. The van der Waals surface area contributed by atoms with Gasteiger partial charge in [-0.1, -0.05) is 36.0 Å². The van der Waals surface area contributed by atoms with Gasteiger partial charge >= 0.3 is 0 Å². The summed E-state index contributed by atoms with van der Waals surface area (Å²) in [5.41, 5.74) is 3.31. The first kappa shape index (κ1) is 19.6. The second-order valence-corrected chi connectivity index (χ2v) is 8.15. The lowest BCUT2D eigenvalue weighted by atomic mass is 10.1. The fourth-order valence-electron chi connectivity index (χ4n) is 3.64. The van der Waals surface area contributed by atoms with E-state index in [4.69, 9.17) is 9.72 Å². The number of rotatable bonds is 5. The number of para-hydroxylation sites is 1. The van der Waals surface area contributed by atoms with Crippen LogP contribution < -0.4 is 9.64 Å². The van der Waals surface area contributed by atoms with E-state index in [1.807, 2.05) is 41.3 Å². The van der Waals surface area contributed by atoms with Crippen LogP contribution in [0.25, 0.3) is 10.9 Å². The number of hydrogen-bond acceptors (Lipinski definition) is 5. The van der Waals surface area contributed by atoms with E-state index in [0.29, 0.717) is 5.75 Å². The highest BCUT2D eigenvalue weighted by Crippen LogP contribution is 2.25. The van der Waals surface area contributed by atoms with Crippen LogP contribution >= 0.6 is 11.8 Å². The maximum absolute atomic E-state index is 12.7. The maximum Gasteiger partial charge on any atom is 0.233 e. The Bertz CT molecular complexity index is 1020. The Kier molecular flexibility index (Phi) is 5.90. The molecule has 4 rings (SSSR count). The zero-order valence-corrected chi connectivity index (χ0v) is 17.6. The third-order valence-corrected chi connectivity index (χ3v) is 6.19. The Balaban J connectivity index is 1.33. The molecule has 1 aliphatic heterocycles. The number of aromatic nitrogens is 1. The Morgan fingerprint density at radius 2 is 1.86 bits per heavy atom. The van der Waals surface area contributed by atoms with E-state index < -0.39 is 0 Å². The van der Waals surface area contributed by atoms with Crippen molar-refractivity contribution in [2.45, 2.75) is 11.9 Å². The zero-order chi connectivity index (χ0) is 20.2. The van der Waals surface area contributed by atoms with Crippen LogP contribution in [0.5, 0.6) is 5.75 Å². The van der Waals surface area contributed by atoms with Crippen LogP contribution in [0, 0.1) is 6.92 Å². The fourth-order valence-corrected chi connectivity index (χ4v) is 4.52. The highest BCUT2D eigenvalue weighted by molar-refractivity contribution is 7.99. The van der Waals surface area contributed by atoms with Crippen LogP contribution in [-0.2, 0) is 4.79 Å². The number of fused-ring (bicyclic) bond motifs is 1. The number of thioether (sulfide) groups is 1. The van der Waals surface area contributed by atoms with Crippen LogP contribution in [0.15, 0.2) is 59.6 Å². The molecule has 2 aromatic carbocycles. The van der Waals surface area contributed by atoms with Gasteiger partial charge in [0, 0.05) is 43.3 Å². The van der Waals surface area contributed by atoms with Crippen molar-refractivity contribution in [2.24, 2.45) is 0 Å². The molecular formula is C23H25N3O2S. The third-order valence-electron chi connectivity index (χ3n) is 5.29. The first-order chi connectivity index (χ1) is 14.1. The molecule has 1 aliphatic rings. The molecule has 1 saturated heterocycles. The lowest BCUT2D eigenvalue weighted by Crippen LogP contribution is -2.49. The minimum absolute atomic E-state index is 0.174. The molecule has 2 heterocycles. The predicted molar refractivity (Wildman–Crippen MR) is 119 cm³/mol. The first-order valence-electron chi connectivity index (χ1n) is 9.80. The summed E-state index contributed by atoms with van der Waals surface area (Å²) in [5.74, 6) is 1.45. The molecule has 6 heteroatoms. The van der Waals surface area contributed by atoms with Crippen molar-refractivity contribution >= 4 is 34.3 Å². The molecule has 0 bridgehead atoms. The zero-order valence-electron chi connectivity index (χ0n) is 16.8. The molecule has 1 amide bonds. The highest BCUT2D eigenvalue weighted by atomic mass is 32.2. The van der Waals surface area contributed by atoms with Gasteiger partial charge in [0.2, 0.25) is 5.91 Å².